The number of nitrogens with zero attached hydrogens (tertiary/aromatic N) is 2. The molecule has 0 spiro atoms. The molecule has 0 saturated carbocycles. The summed E-state index contributed by atoms with van der Waals surface area (Å²) in [6.07, 6.45) is 3.68. The molecule has 1 unspecified atom stereocenters. The van der Waals surface area contributed by atoms with Crippen LogP contribution in [0.2, 0.25) is 0 Å². The van der Waals surface area contributed by atoms with Crippen LogP contribution in [0.3, 0.4) is 0 Å². The zero-order valence-corrected chi connectivity index (χ0v) is 11.2. The van der Waals surface area contributed by atoms with Gasteiger partial charge in [-0.2, -0.15) is 0 Å². The van der Waals surface area contributed by atoms with E-state index in [1.807, 2.05) is 5.51 Å². The molecular weight excluding hydrogens is 218 g/mol. The Bertz CT molecular complexity index is 261. The van der Waals surface area contributed by atoms with E-state index in [0.29, 0.717) is 0 Å². The van der Waals surface area contributed by atoms with Crippen LogP contribution in [0.5, 0.6) is 0 Å². The van der Waals surface area contributed by atoms with E-state index in [9.17, 15) is 0 Å². The van der Waals surface area contributed by atoms with Gasteiger partial charge < -0.3 is 10.6 Å². The smallest absolute Gasteiger partial charge is 0.0795 e. The summed E-state index contributed by atoms with van der Waals surface area (Å²) in [4.78, 5) is 6.63. The number of nitrogens with two attached hydrogens (primary N) is 1. The molecule has 0 aliphatic rings. The van der Waals surface area contributed by atoms with E-state index in [4.69, 9.17) is 5.73 Å². The molecule has 1 rings (SSSR count). The van der Waals surface area contributed by atoms with Crippen molar-refractivity contribution in [2.24, 2.45) is 11.7 Å². The summed E-state index contributed by atoms with van der Waals surface area (Å²) < 4.78 is 0. The first kappa shape index (κ1) is 13.6. The lowest BCUT2D eigenvalue weighted by atomic mass is 10.0. The number of hydrogen-bond donors (Lipinski definition) is 1. The van der Waals surface area contributed by atoms with Crippen molar-refractivity contribution in [3.8, 4) is 0 Å². The monoisotopic (exact) mass is 241 g/mol. The quantitative estimate of drug-likeness (QED) is 0.759. The van der Waals surface area contributed by atoms with E-state index in [1.165, 1.54) is 18.5 Å². The Morgan fingerprint density at radius 2 is 2.31 bits per heavy atom. The van der Waals surface area contributed by atoms with Crippen molar-refractivity contribution in [1.29, 1.82) is 0 Å². The number of hydrogen-bond acceptors (Lipinski definition) is 4. The number of thiazole rings is 1. The Labute approximate surface area is 103 Å². The summed E-state index contributed by atoms with van der Waals surface area (Å²) in [5.41, 5.74) is 8.61. The Morgan fingerprint density at radius 3 is 2.94 bits per heavy atom. The molecule has 3 nitrogen and oxygen atoms in total. The van der Waals surface area contributed by atoms with Gasteiger partial charge in [0.05, 0.1) is 11.2 Å². The molecule has 1 atom stereocenters. The summed E-state index contributed by atoms with van der Waals surface area (Å²) in [6.45, 7) is 5.21. The molecule has 0 radical (unpaired) electrons. The second-order valence-electron chi connectivity index (χ2n) is 4.54. The molecule has 4 heteroatoms. The minimum atomic E-state index is 0.762. The SMILES string of the molecule is CC(CCN)CCCN(C)Cc1cscn1. The summed E-state index contributed by atoms with van der Waals surface area (Å²) in [7, 11) is 2.16. The van der Waals surface area contributed by atoms with Crippen LogP contribution in [0, 0.1) is 5.92 Å². The molecule has 0 aliphatic carbocycles. The third-order valence-corrected chi connectivity index (χ3v) is 3.45. The maximum Gasteiger partial charge on any atom is 0.0795 e. The fourth-order valence-electron chi connectivity index (χ4n) is 1.81. The molecule has 1 aromatic rings. The maximum absolute atomic E-state index is 5.53. The van der Waals surface area contributed by atoms with Crippen molar-refractivity contribution in [2.75, 3.05) is 20.1 Å². The second-order valence-corrected chi connectivity index (χ2v) is 5.26. The van der Waals surface area contributed by atoms with Crippen LogP contribution in [0.4, 0.5) is 0 Å². The molecule has 0 aromatic carbocycles. The van der Waals surface area contributed by atoms with Crippen molar-refractivity contribution in [3.05, 3.63) is 16.6 Å². The molecule has 0 aliphatic heterocycles. The molecular formula is C12H23N3S. The molecule has 1 aromatic heterocycles. The van der Waals surface area contributed by atoms with E-state index >= 15 is 0 Å². The van der Waals surface area contributed by atoms with Crippen molar-refractivity contribution >= 4 is 11.3 Å². The largest absolute Gasteiger partial charge is 0.330 e. The maximum atomic E-state index is 5.53. The number of aromatic nitrogens is 1. The summed E-state index contributed by atoms with van der Waals surface area (Å²) in [5, 5.41) is 2.12. The molecule has 0 bridgehead atoms. The zero-order chi connectivity index (χ0) is 11.8. The van der Waals surface area contributed by atoms with Crippen LogP contribution in [0.1, 0.15) is 31.9 Å². The van der Waals surface area contributed by atoms with Crippen molar-refractivity contribution in [2.45, 2.75) is 32.7 Å². The van der Waals surface area contributed by atoms with E-state index in [2.05, 4.69) is 29.2 Å². The van der Waals surface area contributed by atoms with Gasteiger partial charge in [-0.3, -0.25) is 0 Å². The first-order chi connectivity index (χ1) is 7.72. The van der Waals surface area contributed by atoms with Gasteiger partial charge in [0.1, 0.15) is 0 Å². The molecule has 0 amide bonds. The third kappa shape index (κ3) is 5.58. The van der Waals surface area contributed by atoms with Gasteiger partial charge in [-0.1, -0.05) is 6.92 Å². The molecule has 0 fully saturated rings. The fourth-order valence-corrected chi connectivity index (χ4v) is 2.36. The van der Waals surface area contributed by atoms with Crippen LogP contribution in [-0.4, -0.2) is 30.0 Å². The highest BCUT2D eigenvalue weighted by Gasteiger charge is 2.04. The highest BCUT2D eigenvalue weighted by atomic mass is 32.1. The molecule has 1 heterocycles. The predicted octanol–water partition coefficient (Wildman–Crippen LogP) is 2.34. The highest BCUT2D eigenvalue weighted by Crippen LogP contribution is 2.10. The predicted molar refractivity (Wildman–Crippen MR) is 70.5 cm³/mol. The Hall–Kier alpha value is -0.450. The average Bonchev–Trinajstić information content (AvgIpc) is 2.70. The van der Waals surface area contributed by atoms with Crippen molar-refractivity contribution < 1.29 is 0 Å². The lowest BCUT2D eigenvalue weighted by Gasteiger charge is -2.16. The van der Waals surface area contributed by atoms with E-state index in [1.54, 1.807) is 11.3 Å². The molecule has 2 N–H and O–H groups in total. The van der Waals surface area contributed by atoms with Crippen LogP contribution in [0.15, 0.2) is 10.9 Å². The van der Waals surface area contributed by atoms with Gasteiger partial charge in [0.25, 0.3) is 0 Å². The fraction of sp³-hybridized carbons (Fsp3) is 0.750. The summed E-state index contributed by atoms with van der Waals surface area (Å²) in [6, 6.07) is 0. The molecule has 92 valence electrons. The minimum absolute atomic E-state index is 0.762. The topological polar surface area (TPSA) is 42.1 Å². The first-order valence-electron chi connectivity index (χ1n) is 5.98. The van der Waals surface area contributed by atoms with Gasteiger partial charge >= 0.3 is 0 Å². The Balaban J connectivity index is 2.08. The van der Waals surface area contributed by atoms with Gasteiger partial charge in [-0.05, 0) is 45.3 Å². The standard InChI is InChI=1S/C12H23N3S/c1-11(5-6-13)4-3-7-15(2)8-12-9-16-10-14-12/h9-11H,3-8,13H2,1-2H3. The van der Waals surface area contributed by atoms with Crippen LogP contribution >= 0.6 is 11.3 Å². The van der Waals surface area contributed by atoms with E-state index in [-0.39, 0.29) is 0 Å². The van der Waals surface area contributed by atoms with Gasteiger partial charge in [-0.25, -0.2) is 4.98 Å². The van der Waals surface area contributed by atoms with Crippen LogP contribution < -0.4 is 5.73 Å². The van der Waals surface area contributed by atoms with E-state index < -0.39 is 0 Å². The van der Waals surface area contributed by atoms with Gasteiger partial charge in [0.2, 0.25) is 0 Å². The lowest BCUT2D eigenvalue weighted by Crippen LogP contribution is -2.20. The number of rotatable bonds is 8. The molecule has 16 heavy (non-hydrogen) atoms. The highest BCUT2D eigenvalue weighted by molar-refractivity contribution is 7.07. The zero-order valence-electron chi connectivity index (χ0n) is 10.4. The van der Waals surface area contributed by atoms with Crippen LogP contribution in [0.25, 0.3) is 0 Å². The minimum Gasteiger partial charge on any atom is -0.330 e. The van der Waals surface area contributed by atoms with Crippen molar-refractivity contribution in [3.63, 3.8) is 0 Å². The van der Waals surface area contributed by atoms with Crippen molar-refractivity contribution in [1.82, 2.24) is 9.88 Å². The third-order valence-electron chi connectivity index (χ3n) is 2.81. The summed E-state index contributed by atoms with van der Waals surface area (Å²) in [5.74, 6) is 0.762. The van der Waals surface area contributed by atoms with Gasteiger partial charge in [0, 0.05) is 11.9 Å². The lowest BCUT2D eigenvalue weighted by molar-refractivity contribution is 0.303. The van der Waals surface area contributed by atoms with Gasteiger partial charge in [-0.15, -0.1) is 11.3 Å². The first-order valence-corrected chi connectivity index (χ1v) is 6.92. The van der Waals surface area contributed by atoms with Crippen LogP contribution in [-0.2, 0) is 6.54 Å². The molecule has 0 saturated heterocycles. The Kier molecular flexibility index (Phi) is 6.61. The van der Waals surface area contributed by atoms with E-state index in [0.717, 1.165) is 32.0 Å². The normalized spacial score (nSPS) is 13.2. The Morgan fingerprint density at radius 1 is 1.50 bits per heavy atom. The van der Waals surface area contributed by atoms with Gasteiger partial charge in [0.15, 0.2) is 0 Å². The second kappa shape index (κ2) is 7.76. The summed E-state index contributed by atoms with van der Waals surface area (Å²) >= 11 is 1.67. The average molecular weight is 241 g/mol.